The quantitative estimate of drug-likeness (QED) is 0.919. The van der Waals surface area contributed by atoms with Gasteiger partial charge in [0.15, 0.2) is 17.3 Å². The molecule has 3 nitrogen and oxygen atoms in total. The number of para-hydroxylation sites is 1. The first-order valence-corrected chi connectivity index (χ1v) is 5.29. The highest BCUT2D eigenvalue weighted by molar-refractivity contribution is 9.10. The molecule has 2 N–H and O–H groups in total. The third kappa shape index (κ3) is 2.14. The number of rotatable bonds is 2. The Morgan fingerprint density at radius 3 is 2.69 bits per heavy atom. The first-order valence-electron chi connectivity index (χ1n) is 4.50. The zero-order valence-electron chi connectivity index (χ0n) is 8.15. The molecule has 1 aromatic carbocycles. The van der Waals surface area contributed by atoms with Crippen LogP contribution in [-0.4, -0.2) is 4.98 Å². The van der Waals surface area contributed by atoms with Gasteiger partial charge in [0.05, 0.1) is 16.4 Å². The summed E-state index contributed by atoms with van der Waals surface area (Å²) in [5.41, 5.74) is 6.02. The average molecular weight is 283 g/mol. The van der Waals surface area contributed by atoms with E-state index < -0.39 is 5.82 Å². The minimum atomic E-state index is -0.439. The predicted octanol–water partition coefficient (Wildman–Crippen LogP) is 3.36. The van der Waals surface area contributed by atoms with Crippen molar-refractivity contribution in [2.45, 2.75) is 0 Å². The van der Waals surface area contributed by atoms with Crippen molar-refractivity contribution in [3.05, 3.63) is 46.9 Å². The van der Waals surface area contributed by atoms with E-state index in [0.717, 1.165) is 0 Å². The van der Waals surface area contributed by atoms with Gasteiger partial charge in [-0.3, -0.25) is 4.98 Å². The fraction of sp³-hybridized carbons (Fsp3) is 0. The number of ether oxygens (including phenoxy) is 1. The molecule has 0 amide bonds. The fourth-order valence-corrected chi connectivity index (χ4v) is 1.61. The summed E-state index contributed by atoms with van der Waals surface area (Å²) in [6.07, 6.45) is 2.98. The number of benzene rings is 1. The van der Waals surface area contributed by atoms with Gasteiger partial charge in [-0.15, -0.1) is 0 Å². The molecule has 0 atom stereocenters. The summed E-state index contributed by atoms with van der Waals surface area (Å²) in [6.45, 7) is 0. The Morgan fingerprint density at radius 1 is 1.25 bits per heavy atom. The summed E-state index contributed by atoms with van der Waals surface area (Å²) in [6, 6.07) is 6.12. The molecule has 5 heteroatoms. The second-order valence-electron chi connectivity index (χ2n) is 3.07. The molecule has 1 heterocycles. The number of nitrogens with zero attached hydrogens (tertiary/aromatic N) is 1. The van der Waals surface area contributed by atoms with Crippen LogP contribution in [-0.2, 0) is 0 Å². The molecule has 2 aromatic rings. The summed E-state index contributed by atoms with van der Waals surface area (Å²) >= 11 is 3.24. The van der Waals surface area contributed by atoms with E-state index in [2.05, 4.69) is 20.9 Å². The van der Waals surface area contributed by atoms with E-state index in [1.807, 2.05) is 0 Å². The Bertz CT molecular complexity index is 499. The summed E-state index contributed by atoms with van der Waals surface area (Å²) < 4.78 is 19.3. The van der Waals surface area contributed by atoms with Gasteiger partial charge in [-0.2, -0.15) is 0 Å². The highest BCUT2D eigenvalue weighted by Gasteiger charge is 2.09. The van der Waals surface area contributed by atoms with Crippen molar-refractivity contribution in [1.82, 2.24) is 4.98 Å². The van der Waals surface area contributed by atoms with Gasteiger partial charge >= 0.3 is 0 Å². The lowest BCUT2D eigenvalue weighted by Gasteiger charge is -2.10. The summed E-state index contributed by atoms with van der Waals surface area (Å²) in [7, 11) is 0. The maximum atomic E-state index is 13.3. The van der Waals surface area contributed by atoms with E-state index in [4.69, 9.17) is 10.5 Å². The highest BCUT2D eigenvalue weighted by Crippen LogP contribution is 2.34. The molecule has 0 radical (unpaired) electrons. The largest absolute Gasteiger partial charge is 0.451 e. The topological polar surface area (TPSA) is 48.1 Å². The Balaban J connectivity index is 2.38. The van der Waals surface area contributed by atoms with E-state index in [1.54, 1.807) is 12.1 Å². The van der Waals surface area contributed by atoms with Gasteiger partial charge in [-0.25, -0.2) is 4.39 Å². The van der Waals surface area contributed by atoms with Crippen molar-refractivity contribution in [2.75, 3.05) is 5.73 Å². The first kappa shape index (κ1) is 10.9. The number of nitrogens with two attached hydrogens (primary N) is 1. The number of anilines is 1. The molecular weight excluding hydrogens is 275 g/mol. The van der Waals surface area contributed by atoms with Gasteiger partial charge in [0, 0.05) is 6.20 Å². The molecule has 0 aliphatic heterocycles. The zero-order chi connectivity index (χ0) is 11.5. The van der Waals surface area contributed by atoms with Crippen molar-refractivity contribution in [3.63, 3.8) is 0 Å². The van der Waals surface area contributed by atoms with Gasteiger partial charge in [0.1, 0.15) is 0 Å². The lowest BCUT2D eigenvalue weighted by atomic mass is 10.3. The first-order chi connectivity index (χ1) is 7.68. The van der Waals surface area contributed by atoms with E-state index in [1.165, 1.54) is 24.5 Å². The smallest absolute Gasteiger partial charge is 0.167 e. The Labute approximate surface area is 100 Å². The van der Waals surface area contributed by atoms with Crippen LogP contribution in [0.25, 0.3) is 0 Å². The third-order valence-electron chi connectivity index (χ3n) is 1.93. The minimum Gasteiger partial charge on any atom is -0.451 e. The second-order valence-corrected chi connectivity index (χ2v) is 3.93. The SMILES string of the molecule is Nc1cncc(Br)c1Oc1ccccc1F. The van der Waals surface area contributed by atoms with Crippen LogP contribution in [0.3, 0.4) is 0 Å². The van der Waals surface area contributed by atoms with Crippen molar-refractivity contribution >= 4 is 21.6 Å². The van der Waals surface area contributed by atoms with Gasteiger partial charge < -0.3 is 10.5 Å². The van der Waals surface area contributed by atoms with Gasteiger partial charge in [0.2, 0.25) is 0 Å². The Morgan fingerprint density at radius 2 is 2.00 bits per heavy atom. The average Bonchev–Trinajstić information content (AvgIpc) is 2.26. The van der Waals surface area contributed by atoms with Gasteiger partial charge in [0.25, 0.3) is 0 Å². The van der Waals surface area contributed by atoms with Crippen LogP contribution in [0, 0.1) is 5.82 Å². The molecule has 0 spiro atoms. The second kappa shape index (κ2) is 4.49. The number of aromatic nitrogens is 1. The molecular formula is C11H8BrFN2O. The molecule has 0 unspecified atom stereocenters. The Hall–Kier alpha value is -1.62. The Kier molecular flexibility index (Phi) is 3.05. The number of hydrogen-bond acceptors (Lipinski definition) is 3. The van der Waals surface area contributed by atoms with Crippen LogP contribution in [0.1, 0.15) is 0 Å². The number of halogens is 2. The summed E-state index contributed by atoms with van der Waals surface area (Å²) in [5, 5.41) is 0. The maximum Gasteiger partial charge on any atom is 0.167 e. The normalized spacial score (nSPS) is 10.1. The lowest BCUT2D eigenvalue weighted by Crippen LogP contribution is -1.95. The van der Waals surface area contributed by atoms with Crippen molar-refractivity contribution < 1.29 is 9.13 Å². The molecule has 2 rings (SSSR count). The molecule has 82 valence electrons. The third-order valence-corrected chi connectivity index (χ3v) is 2.49. The molecule has 0 aliphatic rings. The maximum absolute atomic E-state index is 13.3. The van der Waals surface area contributed by atoms with Crippen molar-refractivity contribution in [3.8, 4) is 11.5 Å². The number of nitrogen functional groups attached to an aromatic ring is 1. The van der Waals surface area contributed by atoms with Crippen molar-refractivity contribution in [1.29, 1.82) is 0 Å². The molecule has 1 aromatic heterocycles. The molecule has 0 saturated carbocycles. The van der Waals surface area contributed by atoms with E-state index in [9.17, 15) is 4.39 Å². The standard InChI is InChI=1S/C11H8BrFN2O/c12-7-5-15-6-9(14)11(7)16-10-4-2-1-3-8(10)13/h1-6H,14H2. The summed E-state index contributed by atoms with van der Waals surface area (Å²) in [5.74, 6) is 0.0480. The number of pyridine rings is 1. The molecule has 0 saturated heterocycles. The molecule has 0 aliphatic carbocycles. The predicted molar refractivity (Wildman–Crippen MR) is 62.8 cm³/mol. The molecule has 0 bridgehead atoms. The van der Waals surface area contributed by atoms with Crippen LogP contribution in [0.2, 0.25) is 0 Å². The monoisotopic (exact) mass is 282 g/mol. The zero-order valence-corrected chi connectivity index (χ0v) is 9.74. The van der Waals surface area contributed by atoms with Gasteiger partial charge in [-0.05, 0) is 28.1 Å². The lowest BCUT2D eigenvalue weighted by molar-refractivity contribution is 0.441. The van der Waals surface area contributed by atoms with Crippen LogP contribution in [0.5, 0.6) is 11.5 Å². The van der Waals surface area contributed by atoms with Gasteiger partial charge in [-0.1, -0.05) is 12.1 Å². The van der Waals surface area contributed by atoms with Crippen LogP contribution in [0.4, 0.5) is 10.1 Å². The van der Waals surface area contributed by atoms with Crippen LogP contribution in [0.15, 0.2) is 41.1 Å². The minimum absolute atomic E-state index is 0.126. The van der Waals surface area contributed by atoms with Crippen molar-refractivity contribution in [2.24, 2.45) is 0 Å². The number of hydrogen-bond donors (Lipinski definition) is 1. The summed E-state index contributed by atoms with van der Waals surface area (Å²) in [4.78, 5) is 3.86. The molecule has 0 fully saturated rings. The van der Waals surface area contributed by atoms with E-state index >= 15 is 0 Å². The van der Waals surface area contributed by atoms with Crippen LogP contribution < -0.4 is 10.5 Å². The fourth-order valence-electron chi connectivity index (χ4n) is 1.18. The molecule has 16 heavy (non-hydrogen) atoms. The van der Waals surface area contributed by atoms with E-state index in [-0.39, 0.29) is 5.75 Å². The highest BCUT2D eigenvalue weighted by atomic mass is 79.9. The van der Waals surface area contributed by atoms with E-state index in [0.29, 0.717) is 15.9 Å². The van der Waals surface area contributed by atoms with Crippen LogP contribution >= 0.6 is 15.9 Å².